The number of alkyl halides is 6. The summed E-state index contributed by atoms with van der Waals surface area (Å²) in [5, 5.41) is 9.22. The number of benzene rings is 1. The monoisotopic (exact) mass is 361 g/mol. The van der Waals surface area contributed by atoms with Gasteiger partial charge in [0, 0.05) is 11.6 Å². The van der Waals surface area contributed by atoms with E-state index in [1.807, 2.05) is 0 Å². The Hall–Kier alpha value is -2.35. The Balaban J connectivity index is 2.40. The molecule has 1 aliphatic carbocycles. The quantitative estimate of drug-likeness (QED) is 0.778. The zero-order chi connectivity index (χ0) is 18.7. The van der Waals surface area contributed by atoms with Crippen molar-refractivity contribution in [2.45, 2.75) is 18.1 Å². The Labute approximate surface area is 139 Å². The molecular weight excluding hydrogens is 348 g/mol. The lowest BCUT2D eigenvalue weighted by Gasteiger charge is -2.30. The first-order chi connectivity index (χ1) is 11.5. The third-order valence-electron chi connectivity index (χ3n) is 3.42. The van der Waals surface area contributed by atoms with E-state index in [0.29, 0.717) is 5.56 Å². The van der Waals surface area contributed by atoms with Crippen molar-refractivity contribution in [1.29, 1.82) is 0 Å². The number of aliphatic hydroxyl groups is 1. The molecule has 0 fully saturated rings. The predicted octanol–water partition coefficient (Wildman–Crippen LogP) is 4.70. The van der Waals surface area contributed by atoms with Crippen molar-refractivity contribution in [2.75, 3.05) is 0 Å². The van der Waals surface area contributed by atoms with E-state index in [4.69, 9.17) is 0 Å². The maximum Gasteiger partial charge on any atom is 0.448 e. The maximum absolute atomic E-state index is 12.8. The SMILES string of the molecule is OC(N=C1C=CC=CC1C=Cc1ccccc1)(C(F)(F)F)C(F)(F)F. The topological polar surface area (TPSA) is 32.6 Å². The fraction of sp³-hybridized carbons (Fsp3) is 0.235. The van der Waals surface area contributed by atoms with Crippen LogP contribution in [0.2, 0.25) is 0 Å². The highest BCUT2D eigenvalue weighted by molar-refractivity contribution is 6.01. The lowest BCUT2D eigenvalue weighted by Crippen LogP contribution is -2.56. The van der Waals surface area contributed by atoms with Gasteiger partial charge in [-0.15, -0.1) is 0 Å². The summed E-state index contributed by atoms with van der Waals surface area (Å²) in [6, 6.07) is 8.67. The van der Waals surface area contributed by atoms with Crippen LogP contribution in [-0.2, 0) is 0 Å². The largest absolute Gasteiger partial charge is 0.448 e. The van der Waals surface area contributed by atoms with Crippen LogP contribution in [0, 0.1) is 5.92 Å². The summed E-state index contributed by atoms with van der Waals surface area (Å²) < 4.78 is 76.8. The molecule has 0 radical (unpaired) electrons. The molecule has 0 bridgehead atoms. The van der Waals surface area contributed by atoms with E-state index in [2.05, 4.69) is 4.99 Å². The van der Waals surface area contributed by atoms with Crippen LogP contribution in [0.5, 0.6) is 0 Å². The van der Waals surface area contributed by atoms with Crippen LogP contribution >= 0.6 is 0 Å². The molecule has 0 spiro atoms. The summed E-state index contributed by atoms with van der Waals surface area (Å²) in [4.78, 5) is 2.64. The minimum Gasteiger partial charge on any atom is -0.355 e. The van der Waals surface area contributed by atoms with E-state index >= 15 is 0 Å². The van der Waals surface area contributed by atoms with Gasteiger partial charge in [0.25, 0.3) is 0 Å². The number of hydrogen-bond acceptors (Lipinski definition) is 2. The molecule has 2 rings (SSSR count). The highest BCUT2D eigenvalue weighted by Gasteiger charge is 2.71. The van der Waals surface area contributed by atoms with Crippen LogP contribution in [0.1, 0.15) is 5.56 Å². The highest BCUT2D eigenvalue weighted by Crippen LogP contribution is 2.44. The van der Waals surface area contributed by atoms with Crippen LogP contribution in [0.4, 0.5) is 26.3 Å². The third kappa shape index (κ3) is 4.19. The number of hydrogen-bond donors (Lipinski definition) is 1. The maximum atomic E-state index is 12.8. The van der Waals surface area contributed by atoms with E-state index in [0.717, 1.165) is 6.08 Å². The fourth-order valence-corrected chi connectivity index (χ4v) is 2.08. The fourth-order valence-electron chi connectivity index (χ4n) is 2.08. The molecule has 0 saturated carbocycles. The molecule has 25 heavy (non-hydrogen) atoms. The third-order valence-corrected chi connectivity index (χ3v) is 3.42. The van der Waals surface area contributed by atoms with Crippen molar-refractivity contribution in [2.24, 2.45) is 10.9 Å². The molecule has 1 unspecified atom stereocenters. The van der Waals surface area contributed by atoms with Crippen molar-refractivity contribution < 1.29 is 31.4 Å². The van der Waals surface area contributed by atoms with Crippen molar-refractivity contribution in [3.8, 4) is 0 Å². The molecule has 1 aliphatic rings. The van der Waals surface area contributed by atoms with Crippen LogP contribution in [0.25, 0.3) is 6.08 Å². The molecule has 1 N–H and O–H groups in total. The molecule has 2 nitrogen and oxygen atoms in total. The molecule has 0 saturated heterocycles. The van der Waals surface area contributed by atoms with Gasteiger partial charge in [-0.25, -0.2) is 4.99 Å². The number of halogens is 6. The minimum atomic E-state index is -6.00. The standard InChI is InChI=1S/C17H13F6NO/c18-16(19,20)15(25,17(21,22)23)24-14-9-5-4-8-13(14)11-10-12-6-2-1-3-7-12/h1-11,13,25H. The Morgan fingerprint density at radius 2 is 1.52 bits per heavy atom. The second-order valence-electron chi connectivity index (χ2n) is 5.24. The second kappa shape index (κ2) is 6.87. The second-order valence-corrected chi connectivity index (χ2v) is 5.24. The normalized spacial score (nSPS) is 20.6. The summed E-state index contributed by atoms with van der Waals surface area (Å²) >= 11 is 0. The smallest absolute Gasteiger partial charge is 0.355 e. The van der Waals surface area contributed by atoms with Gasteiger partial charge in [0.2, 0.25) is 0 Å². The predicted molar refractivity (Wildman–Crippen MR) is 81.7 cm³/mol. The van der Waals surface area contributed by atoms with Gasteiger partial charge >= 0.3 is 18.1 Å². The summed E-state index contributed by atoms with van der Waals surface area (Å²) in [7, 11) is 0. The first kappa shape index (κ1) is 19.0. The Bertz CT molecular complexity index is 699. The van der Waals surface area contributed by atoms with Crippen LogP contribution in [0.3, 0.4) is 0 Å². The minimum absolute atomic E-state index is 0.549. The van der Waals surface area contributed by atoms with Crippen LogP contribution in [0.15, 0.2) is 65.7 Å². The van der Waals surface area contributed by atoms with E-state index in [1.54, 1.807) is 36.4 Å². The first-order valence-electron chi connectivity index (χ1n) is 7.08. The molecule has 1 aromatic carbocycles. The molecule has 134 valence electrons. The Morgan fingerprint density at radius 3 is 2.08 bits per heavy atom. The number of nitrogens with zero attached hydrogens (tertiary/aromatic N) is 1. The Morgan fingerprint density at radius 1 is 0.920 bits per heavy atom. The van der Waals surface area contributed by atoms with Crippen LogP contribution in [-0.4, -0.2) is 28.9 Å². The van der Waals surface area contributed by atoms with E-state index in [9.17, 15) is 31.4 Å². The van der Waals surface area contributed by atoms with E-state index in [1.165, 1.54) is 24.3 Å². The van der Waals surface area contributed by atoms with E-state index in [-0.39, 0.29) is 0 Å². The van der Waals surface area contributed by atoms with Crippen molar-refractivity contribution >= 4 is 11.8 Å². The number of rotatable bonds is 3. The number of aliphatic imine (C=N–C) groups is 1. The lowest BCUT2D eigenvalue weighted by atomic mass is 9.96. The molecule has 0 aromatic heterocycles. The highest BCUT2D eigenvalue weighted by atomic mass is 19.4. The molecule has 1 aromatic rings. The van der Waals surface area contributed by atoms with Gasteiger partial charge in [-0.05, 0) is 11.6 Å². The van der Waals surface area contributed by atoms with Gasteiger partial charge in [0.05, 0.1) is 0 Å². The lowest BCUT2D eigenvalue weighted by molar-refractivity contribution is -0.364. The summed E-state index contributed by atoms with van der Waals surface area (Å²) in [5.74, 6) is -0.943. The van der Waals surface area contributed by atoms with Gasteiger partial charge in [-0.1, -0.05) is 60.7 Å². The summed E-state index contributed by atoms with van der Waals surface area (Å²) in [6.07, 6.45) is -3.95. The van der Waals surface area contributed by atoms with Gasteiger partial charge in [-0.2, -0.15) is 26.3 Å². The van der Waals surface area contributed by atoms with Gasteiger partial charge in [0.15, 0.2) is 0 Å². The summed E-state index contributed by atoms with van der Waals surface area (Å²) in [6.45, 7) is 0. The number of allylic oxidation sites excluding steroid dienone is 5. The average Bonchev–Trinajstić information content (AvgIpc) is 2.53. The van der Waals surface area contributed by atoms with E-state index < -0.39 is 29.7 Å². The molecule has 8 heteroatoms. The van der Waals surface area contributed by atoms with Crippen molar-refractivity contribution in [3.05, 3.63) is 66.3 Å². The van der Waals surface area contributed by atoms with Gasteiger partial charge < -0.3 is 5.11 Å². The van der Waals surface area contributed by atoms with Crippen molar-refractivity contribution in [3.63, 3.8) is 0 Å². The zero-order valence-corrected chi connectivity index (χ0v) is 12.6. The Kier molecular flexibility index (Phi) is 5.22. The van der Waals surface area contributed by atoms with Crippen molar-refractivity contribution in [1.82, 2.24) is 0 Å². The molecule has 1 atom stereocenters. The zero-order valence-electron chi connectivity index (χ0n) is 12.6. The summed E-state index contributed by atoms with van der Waals surface area (Å²) in [5.41, 5.74) is -5.00. The van der Waals surface area contributed by atoms with Gasteiger partial charge in [-0.3, -0.25) is 0 Å². The average molecular weight is 361 g/mol. The molecule has 0 aliphatic heterocycles. The molecule has 0 heterocycles. The van der Waals surface area contributed by atoms with Gasteiger partial charge in [0.1, 0.15) is 0 Å². The van der Waals surface area contributed by atoms with Crippen LogP contribution < -0.4 is 0 Å². The first-order valence-corrected chi connectivity index (χ1v) is 7.08. The molecular formula is C17H13F6NO. The molecule has 0 amide bonds.